The van der Waals surface area contributed by atoms with Gasteiger partial charge in [0.05, 0.1) is 0 Å². The van der Waals surface area contributed by atoms with E-state index < -0.39 is 0 Å². The first-order valence-corrected chi connectivity index (χ1v) is 5.72. The Labute approximate surface area is 99.6 Å². The van der Waals surface area contributed by atoms with Gasteiger partial charge in [-0.15, -0.1) is 0 Å². The number of carbonyl (C=O) groups excluding carboxylic acids is 1. The van der Waals surface area contributed by atoms with Crippen LogP contribution in [-0.2, 0) is 4.79 Å². The average molecular weight is 237 g/mol. The Bertz CT molecular complexity index is 393. The standard InChI is InChI=1S/C12H16FN3O/c13-9-2-4-10(5-3-9)16-7-1-6-15-12(17)11(16)8-14/h2-5,11H,1,6-8,14H2,(H,15,17). The molecule has 1 aliphatic rings. The summed E-state index contributed by atoms with van der Waals surface area (Å²) < 4.78 is 12.9. The van der Waals surface area contributed by atoms with E-state index in [9.17, 15) is 9.18 Å². The van der Waals surface area contributed by atoms with Gasteiger partial charge in [0.25, 0.3) is 0 Å². The van der Waals surface area contributed by atoms with Crippen molar-refractivity contribution >= 4 is 11.6 Å². The molecule has 3 N–H and O–H groups in total. The van der Waals surface area contributed by atoms with Crippen molar-refractivity contribution in [1.82, 2.24) is 5.32 Å². The lowest BCUT2D eigenvalue weighted by Gasteiger charge is -2.29. The van der Waals surface area contributed by atoms with Gasteiger partial charge in [-0.05, 0) is 30.7 Å². The Hall–Kier alpha value is -1.62. The number of hydrogen-bond acceptors (Lipinski definition) is 3. The van der Waals surface area contributed by atoms with E-state index >= 15 is 0 Å². The first-order chi connectivity index (χ1) is 8.22. The fraction of sp³-hybridized carbons (Fsp3) is 0.417. The smallest absolute Gasteiger partial charge is 0.244 e. The SMILES string of the molecule is NCC1C(=O)NCCCN1c1ccc(F)cc1. The molecule has 1 unspecified atom stereocenters. The molecule has 2 rings (SSSR count). The van der Waals surface area contributed by atoms with Crippen LogP contribution in [0.3, 0.4) is 0 Å². The molecule has 0 radical (unpaired) electrons. The maximum Gasteiger partial charge on any atom is 0.244 e. The number of anilines is 1. The summed E-state index contributed by atoms with van der Waals surface area (Å²) in [5.74, 6) is -0.341. The van der Waals surface area contributed by atoms with E-state index in [4.69, 9.17) is 5.73 Å². The van der Waals surface area contributed by atoms with E-state index in [0.29, 0.717) is 6.54 Å². The van der Waals surface area contributed by atoms with Crippen molar-refractivity contribution in [1.29, 1.82) is 0 Å². The highest BCUT2D eigenvalue weighted by Gasteiger charge is 2.26. The van der Waals surface area contributed by atoms with Crippen molar-refractivity contribution in [2.45, 2.75) is 12.5 Å². The highest BCUT2D eigenvalue weighted by atomic mass is 19.1. The minimum absolute atomic E-state index is 0.0608. The van der Waals surface area contributed by atoms with Crippen molar-refractivity contribution in [2.24, 2.45) is 5.73 Å². The van der Waals surface area contributed by atoms with E-state index in [1.807, 2.05) is 4.90 Å². The summed E-state index contributed by atoms with van der Waals surface area (Å²) in [5, 5.41) is 2.82. The van der Waals surface area contributed by atoms with Gasteiger partial charge < -0.3 is 16.0 Å². The lowest BCUT2D eigenvalue weighted by Crippen LogP contribution is -2.49. The summed E-state index contributed by atoms with van der Waals surface area (Å²) in [4.78, 5) is 13.7. The first-order valence-electron chi connectivity index (χ1n) is 5.72. The Balaban J connectivity index is 2.26. The van der Waals surface area contributed by atoms with Gasteiger partial charge in [-0.1, -0.05) is 0 Å². The van der Waals surface area contributed by atoms with E-state index in [1.54, 1.807) is 12.1 Å². The molecule has 17 heavy (non-hydrogen) atoms. The van der Waals surface area contributed by atoms with Crippen LogP contribution in [-0.4, -0.2) is 31.6 Å². The van der Waals surface area contributed by atoms with Crippen LogP contribution in [0.4, 0.5) is 10.1 Å². The van der Waals surface area contributed by atoms with Gasteiger partial charge in [-0.3, -0.25) is 4.79 Å². The molecule has 1 aromatic carbocycles. The zero-order chi connectivity index (χ0) is 12.3. The van der Waals surface area contributed by atoms with Crippen molar-refractivity contribution in [2.75, 3.05) is 24.5 Å². The lowest BCUT2D eigenvalue weighted by molar-refractivity contribution is -0.121. The van der Waals surface area contributed by atoms with Crippen molar-refractivity contribution in [3.63, 3.8) is 0 Å². The molecular formula is C12H16FN3O. The van der Waals surface area contributed by atoms with Gasteiger partial charge >= 0.3 is 0 Å². The monoisotopic (exact) mass is 237 g/mol. The van der Waals surface area contributed by atoms with Gasteiger partial charge in [-0.25, -0.2) is 4.39 Å². The van der Waals surface area contributed by atoms with Gasteiger partial charge in [0.15, 0.2) is 0 Å². The number of amides is 1. The summed E-state index contributed by atoms with van der Waals surface area (Å²) in [6.07, 6.45) is 0.861. The fourth-order valence-electron chi connectivity index (χ4n) is 2.05. The summed E-state index contributed by atoms with van der Waals surface area (Å²) in [6, 6.07) is 5.77. The highest BCUT2D eigenvalue weighted by molar-refractivity contribution is 5.86. The van der Waals surface area contributed by atoms with Crippen LogP contribution in [0.15, 0.2) is 24.3 Å². The first kappa shape index (κ1) is 11.9. The molecule has 1 atom stereocenters. The molecule has 1 saturated heterocycles. The van der Waals surface area contributed by atoms with E-state index in [0.717, 1.165) is 18.7 Å². The second-order valence-electron chi connectivity index (χ2n) is 4.07. The molecule has 0 saturated carbocycles. The van der Waals surface area contributed by atoms with Crippen LogP contribution in [0, 0.1) is 5.82 Å². The Morgan fingerprint density at radius 1 is 1.41 bits per heavy atom. The predicted molar refractivity (Wildman–Crippen MR) is 64.2 cm³/mol. The van der Waals surface area contributed by atoms with Crippen LogP contribution in [0.5, 0.6) is 0 Å². The van der Waals surface area contributed by atoms with Gasteiger partial charge in [-0.2, -0.15) is 0 Å². The summed E-state index contributed by atoms with van der Waals surface area (Å²) in [5.41, 5.74) is 6.48. The minimum Gasteiger partial charge on any atom is -0.358 e. The molecule has 1 amide bonds. The van der Waals surface area contributed by atoms with Crippen molar-refractivity contribution in [3.8, 4) is 0 Å². The Morgan fingerprint density at radius 3 is 2.76 bits per heavy atom. The van der Waals surface area contributed by atoms with Crippen LogP contribution in [0.1, 0.15) is 6.42 Å². The Morgan fingerprint density at radius 2 is 2.12 bits per heavy atom. The van der Waals surface area contributed by atoms with Crippen molar-refractivity contribution in [3.05, 3.63) is 30.1 Å². The molecule has 92 valence electrons. The highest BCUT2D eigenvalue weighted by Crippen LogP contribution is 2.19. The number of nitrogens with two attached hydrogens (primary N) is 1. The lowest BCUT2D eigenvalue weighted by atomic mass is 10.2. The molecule has 5 heteroatoms. The largest absolute Gasteiger partial charge is 0.358 e. The molecule has 1 fully saturated rings. The van der Waals surface area contributed by atoms with Gasteiger partial charge in [0.1, 0.15) is 11.9 Å². The maximum atomic E-state index is 12.9. The summed E-state index contributed by atoms with van der Waals surface area (Å²) in [7, 11) is 0. The topological polar surface area (TPSA) is 58.4 Å². The number of carbonyl (C=O) groups is 1. The molecule has 1 aliphatic heterocycles. The van der Waals surface area contributed by atoms with Crippen LogP contribution in [0.2, 0.25) is 0 Å². The van der Waals surface area contributed by atoms with Crippen LogP contribution < -0.4 is 16.0 Å². The van der Waals surface area contributed by atoms with Crippen LogP contribution >= 0.6 is 0 Å². The quantitative estimate of drug-likeness (QED) is 0.786. The molecule has 0 spiro atoms. The number of rotatable bonds is 2. The second-order valence-corrected chi connectivity index (χ2v) is 4.07. The third-order valence-electron chi connectivity index (χ3n) is 2.94. The number of benzene rings is 1. The number of nitrogens with one attached hydrogen (secondary N) is 1. The maximum absolute atomic E-state index is 12.9. The van der Waals surface area contributed by atoms with E-state index in [-0.39, 0.29) is 24.3 Å². The molecular weight excluding hydrogens is 221 g/mol. The number of hydrogen-bond donors (Lipinski definition) is 2. The molecule has 0 aromatic heterocycles. The summed E-state index contributed by atoms with van der Waals surface area (Å²) >= 11 is 0. The molecule has 4 nitrogen and oxygen atoms in total. The zero-order valence-electron chi connectivity index (χ0n) is 9.53. The molecule has 0 aliphatic carbocycles. The van der Waals surface area contributed by atoms with Crippen molar-refractivity contribution < 1.29 is 9.18 Å². The third kappa shape index (κ3) is 2.55. The number of nitrogens with zero attached hydrogens (tertiary/aromatic N) is 1. The Kier molecular flexibility index (Phi) is 3.58. The predicted octanol–water partition coefficient (Wildman–Crippen LogP) is 0.479. The minimum atomic E-state index is -0.372. The normalized spacial score (nSPS) is 20.9. The molecule has 0 bridgehead atoms. The molecule has 1 aromatic rings. The third-order valence-corrected chi connectivity index (χ3v) is 2.94. The van der Waals surface area contributed by atoms with Crippen LogP contribution in [0.25, 0.3) is 0 Å². The number of halogens is 1. The zero-order valence-corrected chi connectivity index (χ0v) is 9.53. The van der Waals surface area contributed by atoms with E-state index in [2.05, 4.69) is 5.32 Å². The second kappa shape index (κ2) is 5.14. The summed E-state index contributed by atoms with van der Waals surface area (Å²) in [6.45, 7) is 1.66. The van der Waals surface area contributed by atoms with Gasteiger partial charge in [0.2, 0.25) is 5.91 Å². The average Bonchev–Trinajstić information content (AvgIpc) is 2.52. The molecule has 1 heterocycles. The fourth-order valence-corrected chi connectivity index (χ4v) is 2.05. The van der Waals surface area contributed by atoms with E-state index in [1.165, 1.54) is 12.1 Å². The van der Waals surface area contributed by atoms with Gasteiger partial charge in [0, 0.05) is 25.3 Å².